The molecule has 0 radical (unpaired) electrons. The zero-order valence-corrected chi connectivity index (χ0v) is 42.3. The Labute approximate surface area is 410 Å². The Balaban J connectivity index is 1.36. The molecule has 382 valence electrons. The van der Waals surface area contributed by atoms with E-state index in [0.717, 1.165) is 22.0 Å². The topological polar surface area (TPSA) is 219 Å². The van der Waals surface area contributed by atoms with E-state index >= 15 is 0 Å². The molecule has 3 saturated heterocycles. The van der Waals surface area contributed by atoms with Gasteiger partial charge in [-0.25, -0.2) is 4.79 Å². The van der Waals surface area contributed by atoms with E-state index in [1.807, 2.05) is 48.2 Å². The molecular weight excluding hydrogens is 903 g/mol. The van der Waals surface area contributed by atoms with E-state index in [9.17, 15) is 34.2 Å². The number of nitrogens with one attached hydrogen (secondary N) is 1. The first-order chi connectivity index (χ1) is 33.1. The Bertz CT molecular complexity index is 2410. The summed E-state index contributed by atoms with van der Waals surface area (Å²) in [5, 5.41) is 27.3. The molecule has 0 bridgehead atoms. The number of para-hydroxylation sites is 1. The number of aromatic nitrogens is 1. The summed E-state index contributed by atoms with van der Waals surface area (Å²) in [5.41, 5.74) is -0.0234. The maximum Gasteiger partial charge on any atom is 0.408 e. The number of carbonyl (C=O) groups is 5. The highest BCUT2D eigenvalue weighted by Crippen LogP contribution is 2.41. The lowest BCUT2D eigenvalue weighted by Crippen LogP contribution is -2.60. The number of aromatic hydroxyl groups is 1. The first-order valence-electron chi connectivity index (χ1n) is 24.2. The Morgan fingerprint density at radius 3 is 2.44 bits per heavy atom. The number of amides is 1. The van der Waals surface area contributed by atoms with Gasteiger partial charge in [0, 0.05) is 53.9 Å². The van der Waals surface area contributed by atoms with Gasteiger partial charge in [-0.15, -0.1) is 0 Å². The summed E-state index contributed by atoms with van der Waals surface area (Å²) in [6.45, 7) is 13.7. The highest BCUT2D eigenvalue weighted by atomic mass is 16.7. The molecule has 3 fully saturated rings. The number of likely N-dealkylation sites (N-methyl/N-ethyl adjacent to an activating group) is 1. The molecule has 17 nitrogen and oxygen atoms in total. The van der Waals surface area contributed by atoms with Gasteiger partial charge >= 0.3 is 18.0 Å². The molecule has 4 heterocycles. The summed E-state index contributed by atoms with van der Waals surface area (Å²) < 4.78 is 42.2. The average molecular weight is 974 g/mol. The lowest BCUT2D eigenvalue weighted by molar-refractivity contribution is -0.297. The van der Waals surface area contributed by atoms with Crippen molar-refractivity contribution in [2.24, 2.45) is 23.7 Å². The van der Waals surface area contributed by atoms with E-state index in [0.29, 0.717) is 18.4 Å². The van der Waals surface area contributed by atoms with E-state index in [4.69, 9.17) is 33.2 Å². The van der Waals surface area contributed by atoms with Gasteiger partial charge in [0.25, 0.3) is 0 Å². The van der Waals surface area contributed by atoms with Crippen LogP contribution in [0.25, 0.3) is 17.0 Å². The summed E-state index contributed by atoms with van der Waals surface area (Å²) in [6, 6.07) is 11.7. The summed E-state index contributed by atoms with van der Waals surface area (Å²) in [6.07, 6.45) is 0.291. The molecule has 3 aliphatic rings. The third kappa shape index (κ3) is 11.8. The molecule has 13 atom stereocenters. The number of phenolic OH excluding ortho intramolecular Hbond substituents is 1. The minimum absolute atomic E-state index is 0.00717. The van der Waals surface area contributed by atoms with Gasteiger partial charge in [0.2, 0.25) is 0 Å². The number of ketones is 2. The smallest absolute Gasteiger partial charge is 0.408 e. The monoisotopic (exact) mass is 973 g/mol. The maximum atomic E-state index is 14.8. The number of methoxy groups -OCH3 is 2. The Kier molecular flexibility index (Phi) is 17.5. The molecule has 1 unspecified atom stereocenters. The highest BCUT2D eigenvalue weighted by molar-refractivity contribution is 6.00. The molecule has 0 spiro atoms. The third-order valence-corrected chi connectivity index (χ3v) is 14.5. The molecule has 0 saturated carbocycles. The number of aliphatic hydroxyl groups is 1. The number of fused-ring (bicyclic) bond motifs is 2. The molecule has 3 N–H and O–H groups in total. The Morgan fingerprint density at radius 1 is 1.01 bits per heavy atom. The quantitative estimate of drug-likeness (QED) is 0.0892. The number of benzene rings is 2. The fraction of sp³-hybridized carbons (Fsp3) is 0.585. The fourth-order valence-corrected chi connectivity index (χ4v) is 10.5. The molecule has 1 aromatic heterocycles. The number of aryl methyl sites for hydroxylation is 1. The average Bonchev–Trinajstić information content (AvgIpc) is 3.66. The van der Waals surface area contributed by atoms with Crippen molar-refractivity contribution in [2.75, 3.05) is 27.9 Å². The van der Waals surface area contributed by atoms with Crippen LogP contribution in [0.15, 0.2) is 54.7 Å². The van der Waals surface area contributed by atoms with Crippen LogP contribution < -0.4 is 10.1 Å². The SMILES string of the molecule is CC[C@H]1OC(=O)[C@H](C)C(=O)[C@H](C)[C@@H](OC2O[C@H](C)C[C@H](N(C)Cc3cc(CCC(=O)OC)cc(OC)c3O)[C@H]2O)[C@@](C)(OC/C=C/c2cnc3ccccc3c2)C[C@@H](C)C(=O)[C@H](C)[C@H]2NC(=O)O[C@@]21C. The standard InChI is InChI=1S/C53H71N3O14/c1-12-41-53(8)47(55-51(63)70-53)31(4)43(58)29(2)26-52(7,66-21-15-16-35-24-36-17-13-14-18-38(36)54-27-35)48(32(5)44(59)33(6)49(62)68-41)69-50-46(61)39(22-30(3)67-50)56(9)28-37-23-34(19-20-42(57)65-11)25-40(64-10)45(37)60/h13-18,23-25,27,29-33,39,41,46-48,50,60-61H,12,19-22,26,28H2,1-11H3,(H,55,63)/b16-15+/t29-,30-,31+,32+,33-,39+,41-,46-,47-,48-,50?,52+,53-/m1/s1. The number of Topliss-reactive ketones (excluding diaryl/α,β-unsaturated/α-hetero) is 2. The van der Waals surface area contributed by atoms with Crippen molar-refractivity contribution < 1.29 is 67.3 Å². The van der Waals surface area contributed by atoms with E-state index in [1.54, 1.807) is 73.0 Å². The van der Waals surface area contributed by atoms with Gasteiger partial charge in [0.15, 0.2) is 29.2 Å². The normalized spacial score (nSPS) is 32.3. The summed E-state index contributed by atoms with van der Waals surface area (Å²) in [4.78, 5) is 74.8. The molecule has 6 rings (SSSR count). The molecular formula is C53H71N3O14. The van der Waals surface area contributed by atoms with Gasteiger partial charge in [0.1, 0.15) is 23.9 Å². The lowest BCUT2D eigenvalue weighted by atomic mass is 9.73. The minimum atomic E-state index is -1.48. The largest absolute Gasteiger partial charge is 0.504 e. The van der Waals surface area contributed by atoms with Crippen LogP contribution in [-0.4, -0.2) is 132 Å². The zero-order chi connectivity index (χ0) is 51.2. The van der Waals surface area contributed by atoms with E-state index < -0.39 is 95.5 Å². The van der Waals surface area contributed by atoms with E-state index in [1.165, 1.54) is 21.1 Å². The van der Waals surface area contributed by atoms with Crippen molar-refractivity contribution in [1.82, 2.24) is 15.2 Å². The molecule has 3 aliphatic heterocycles. The number of phenols is 1. The molecule has 2 aromatic carbocycles. The van der Waals surface area contributed by atoms with Crippen LogP contribution in [-0.2, 0) is 60.6 Å². The van der Waals surface area contributed by atoms with Gasteiger partial charge in [-0.1, -0.05) is 64.1 Å². The van der Waals surface area contributed by atoms with Crippen LogP contribution in [0.4, 0.5) is 4.79 Å². The van der Waals surface area contributed by atoms with Gasteiger partial charge in [0.05, 0.1) is 50.2 Å². The molecule has 0 aliphatic carbocycles. The summed E-state index contributed by atoms with van der Waals surface area (Å²) >= 11 is 0. The number of aliphatic hydroxyl groups excluding tert-OH is 1. The van der Waals surface area contributed by atoms with Gasteiger partial charge in [-0.2, -0.15) is 0 Å². The Morgan fingerprint density at radius 2 is 1.74 bits per heavy atom. The van der Waals surface area contributed by atoms with Crippen LogP contribution in [0.1, 0.15) is 97.8 Å². The second kappa shape index (κ2) is 22.7. The number of hydrogen-bond acceptors (Lipinski definition) is 16. The minimum Gasteiger partial charge on any atom is -0.504 e. The second-order valence-corrected chi connectivity index (χ2v) is 19.7. The number of esters is 2. The van der Waals surface area contributed by atoms with Crippen LogP contribution >= 0.6 is 0 Å². The molecule has 1 amide bonds. The third-order valence-electron chi connectivity index (χ3n) is 14.5. The predicted octanol–water partition coefficient (Wildman–Crippen LogP) is 6.50. The van der Waals surface area contributed by atoms with Crippen LogP contribution in [0.5, 0.6) is 11.5 Å². The maximum absolute atomic E-state index is 14.8. The van der Waals surface area contributed by atoms with Gasteiger partial charge < -0.3 is 48.7 Å². The van der Waals surface area contributed by atoms with Crippen LogP contribution in [0, 0.1) is 23.7 Å². The highest BCUT2D eigenvalue weighted by Gasteiger charge is 2.57. The molecule has 17 heteroatoms. The van der Waals surface area contributed by atoms with Crippen LogP contribution in [0.2, 0.25) is 0 Å². The van der Waals surface area contributed by atoms with Crippen molar-refractivity contribution >= 4 is 46.6 Å². The number of carbonyl (C=O) groups excluding carboxylic acids is 5. The molecule has 70 heavy (non-hydrogen) atoms. The van der Waals surface area contributed by atoms with E-state index in [2.05, 4.69) is 10.3 Å². The first-order valence-corrected chi connectivity index (χ1v) is 24.2. The number of alkyl carbamates (subject to hydrolysis) is 1. The van der Waals surface area contributed by atoms with Crippen molar-refractivity contribution in [2.45, 2.75) is 148 Å². The van der Waals surface area contributed by atoms with E-state index in [-0.39, 0.29) is 55.7 Å². The second-order valence-electron chi connectivity index (χ2n) is 19.7. The summed E-state index contributed by atoms with van der Waals surface area (Å²) in [5.74, 6) is -5.89. The predicted molar refractivity (Wildman–Crippen MR) is 258 cm³/mol. The lowest BCUT2D eigenvalue weighted by Gasteiger charge is -2.47. The number of rotatable bonds is 14. The first kappa shape index (κ1) is 53.9. The van der Waals surface area contributed by atoms with Crippen molar-refractivity contribution in [3.63, 3.8) is 0 Å². The van der Waals surface area contributed by atoms with Gasteiger partial charge in [-0.3, -0.25) is 29.1 Å². The number of hydrogen-bond donors (Lipinski definition) is 3. The number of cyclic esters (lactones) is 1. The summed E-state index contributed by atoms with van der Waals surface area (Å²) in [7, 11) is 4.55. The zero-order valence-electron chi connectivity index (χ0n) is 42.3. The van der Waals surface area contributed by atoms with Crippen molar-refractivity contribution in [3.8, 4) is 11.5 Å². The number of pyridine rings is 1. The fourth-order valence-electron chi connectivity index (χ4n) is 10.5. The van der Waals surface area contributed by atoms with Crippen molar-refractivity contribution in [3.05, 3.63) is 71.4 Å². The van der Waals surface area contributed by atoms with Gasteiger partial charge in [-0.05, 0) is 89.8 Å². The Hall–Kier alpha value is -5.46. The molecule has 3 aromatic rings. The number of nitrogens with zero attached hydrogens (tertiary/aromatic N) is 2. The van der Waals surface area contributed by atoms with Crippen LogP contribution in [0.3, 0.4) is 0 Å². The number of ether oxygens (including phenoxy) is 7. The van der Waals surface area contributed by atoms with Crippen molar-refractivity contribution in [1.29, 1.82) is 0 Å².